The molecule has 0 bridgehead atoms. The fourth-order valence-electron chi connectivity index (χ4n) is 3.68. The van der Waals surface area contributed by atoms with Crippen molar-refractivity contribution in [2.24, 2.45) is 0 Å². The Balaban J connectivity index is 1.92. The number of rotatable bonds is 8. The van der Waals surface area contributed by atoms with Crippen LogP contribution in [0.15, 0.2) is 72.8 Å². The van der Waals surface area contributed by atoms with Crippen LogP contribution in [0.25, 0.3) is 0 Å². The smallest absolute Gasteiger partial charge is 0.361 e. The van der Waals surface area contributed by atoms with E-state index in [1.807, 2.05) is 76.2 Å². The molecule has 6 heteroatoms. The van der Waals surface area contributed by atoms with Gasteiger partial charge in [0.05, 0.1) is 11.7 Å². The van der Waals surface area contributed by atoms with E-state index in [0.717, 1.165) is 40.1 Å². The molecule has 0 spiro atoms. The first-order valence-electron chi connectivity index (χ1n) is 11.3. The van der Waals surface area contributed by atoms with Crippen LogP contribution < -0.4 is 4.90 Å². The number of alkyl halides is 3. The van der Waals surface area contributed by atoms with Crippen molar-refractivity contribution in [3.63, 3.8) is 0 Å². The second-order valence-corrected chi connectivity index (χ2v) is 8.68. The van der Waals surface area contributed by atoms with Gasteiger partial charge in [0.2, 0.25) is 0 Å². The van der Waals surface area contributed by atoms with Crippen LogP contribution >= 0.6 is 0 Å². The zero-order chi connectivity index (χ0) is 24.9. The number of amides is 1. The molecule has 3 nitrogen and oxygen atoms in total. The van der Waals surface area contributed by atoms with Gasteiger partial charge in [0.15, 0.2) is 6.10 Å². The van der Waals surface area contributed by atoms with Gasteiger partial charge in [-0.05, 0) is 80.6 Å². The van der Waals surface area contributed by atoms with E-state index in [-0.39, 0.29) is 12.0 Å². The fraction of sp³-hybridized carbons (Fsp3) is 0.321. The van der Waals surface area contributed by atoms with Crippen LogP contribution in [0.5, 0.6) is 0 Å². The molecule has 3 aromatic rings. The third-order valence-electron chi connectivity index (χ3n) is 5.71. The minimum Gasteiger partial charge on any atom is -0.361 e. The van der Waals surface area contributed by atoms with Gasteiger partial charge < -0.3 is 9.64 Å². The molecule has 0 fully saturated rings. The molecule has 0 aliphatic rings. The van der Waals surface area contributed by atoms with Gasteiger partial charge in [0, 0.05) is 12.2 Å². The zero-order valence-electron chi connectivity index (χ0n) is 19.9. The molecule has 0 aromatic heterocycles. The number of halogens is 3. The highest BCUT2D eigenvalue weighted by Crippen LogP contribution is 2.30. The van der Waals surface area contributed by atoms with Gasteiger partial charge in [-0.1, -0.05) is 48.5 Å². The van der Waals surface area contributed by atoms with Crippen molar-refractivity contribution < 1.29 is 22.7 Å². The van der Waals surface area contributed by atoms with Gasteiger partial charge in [0.1, 0.15) is 0 Å². The predicted molar refractivity (Wildman–Crippen MR) is 129 cm³/mol. The number of nitrogens with zero attached hydrogens (tertiary/aromatic N) is 1. The normalized spacial score (nSPS) is 12.6. The molecule has 0 radical (unpaired) electrons. The van der Waals surface area contributed by atoms with Crippen molar-refractivity contribution in [1.82, 2.24) is 0 Å². The third kappa shape index (κ3) is 6.48. The molecule has 0 saturated heterocycles. The van der Waals surface area contributed by atoms with E-state index in [2.05, 4.69) is 0 Å². The largest absolute Gasteiger partial charge is 0.416 e. The van der Waals surface area contributed by atoms with Crippen LogP contribution in [-0.2, 0) is 22.1 Å². The topological polar surface area (TPSA) is 29.5 Å². The number of carbonyl (C=O) groups is 1. The molecule has 1 atom stereocenters. The molecule has 0 N–H and O–H groups in total. The Labute approximate surface area is 199 Å². The fourth-order valence-corrected chi connectivity index (χ4v) is 3.68. The first kappa shape index (κ1) is 25.5. The third-order valence-corrected chi connectivity index (χ3v) is 5.71. The molecule has 34 heavy (non-hydrogen) atoms. The summed E-state index contributed by atoms with van der Waals surface area (Å²) in [5.74, 6) is -0.213. The average Bonchev–Trinajstić information content (AvgIpc) is 2.80. The van der Waals surface area contributed by atoms with E-state index in [1.54, 1.807) is 4.90 Å². The SMILES string of the molecule is Cc1ccc(N(CCc2ccc(C(F)(F)F)cc2)C(=O)C(OC(C)C)c2ccccc2)cc1C. The number of hydrogen-bond donors (Lipinski definition) is 0. The maximum Gasteiger partial charge on any atom is 0.416 e. The Bertz CT molecular complexity index is 1090. The number of ether oxygens (including phenoxy) is 1. The van der Waals surface area contributed by atoms with Crippen LogP contribution in [0.3, 0.4) is 0 Å². The van der Waals surface area contributed by atoms with Crippen molar-refractivity contribution in [1.29, 1.82) is 0 Å². The molecule has 0 aliphatic carbocycles. The zero-order valence-corrected chi connectivity index (χ0v) is 19.9. The summed E-state index contributed by atoms with van der Waals surface area (Å²) < 4.78 is 44.8. The summed E-state index contributed by atoms with van der Waals surface area (Å²) in [5.41, 5.74) is 3.67. The number of benzene rings is 3. The molecular weight excluding hydrogens is 439 g/mol. The summed E-state index contributed by atoms with van der Waals surface area (Å²) in [7, 11) is 0. The first-order valence-corrected chi connectivity index (χ1v) is 11.3. The second-order valence-electron chi connectivity index (χ2n) is 8.68. The van der Waals surface area contributed by atoms with Crippen molar-refractivity contribution in [2.45, 2.75) is 52.5 Å². The van der Waals surface area contributed by atoms with Gasteiger partial charge in [-0.15, -0.1) is 0 Å². The van der Waals surface area contributed by atoms with Crippen molar-refractivity contribution >= 4 is 11.6 Å². The molecular formula is C28H30F3NO2. The minimum absolute atomic E-state index is 0.175. The van der Waals surface area contributed by atoms with Gasteiger partial charge >= 0.3 is 6.18 Å². The summed E-state index contributed by atoms with van der Waals surface area (Å²) in [6.07, 6.45) is -4.95. The summed E-state index contributed by atoms with van der Waals surface area (Å²) in [6, 6.07) is 20.2. The van der Waals surface area contributed by atoms with Crippen LogP contribution in [-0.4, -0.2) is 18.6 Å². The lowest BCUT2D eigenvalue weighted by atomic mass is 10.0. The van der Waals surface area contributed by atoms with Crippen LogP contribution in [0, 0.1) is 13.8 Å². The Morgan fingerprint density at radius 2 is 1.56 bits per heavy atom. The van der Waals surface area contributed by atoms with Crippen LogP contribution in [0.1, 0.15) is 47.8 Å². The summed E-state index contributed by atoms with van der Waals surface area (Å²) in [5, 5.41) is 0. The Hall–Kier alpha value is -3.12. The van der Waals surface area contributed by atoms with E-state index in [4.69, 9.17) is 4.74 Å². The molecule has 0 aliphatic heterocycles. The summed E-state index contributed by atoms with van der Waals surface area (Å²) in [4.78, 5) is 15.5. The van der Waals surface area contributed by atoms with Crippen molar-refractivity contribution in [3.8, 4) is 0 Å². The molecule has 0 saturated carbocycles. The lowest BCUT2D eigenvalue weighted by Crippen LogP contribution is -2.38. The molecule has 1 unspecified atom stereocenters. The Morgan fingerprint density at radius 3 is 2.12 bits per heavy atom. The van der Waals surface area contributed by atoms with Crippen LogP contribution in [0.2, 0.25) is 0 Å². The summed E-state index contributed by atoms with van der Waals surface area (Å²) in [6.45, 7) is 8.05. The highest BCUT2D eigenvalue weighted by atomic mass is 19.4. The molecule has 3 rings (SSSR count). The predicted octanol–water partition coefficient (Wildman–Crippen LogP) is 7.06. The minimum atomic E-state index is -4.38. The van der Waals surface area contributed by atoms with E-state index in [0.29, 0.717) is 13.0 Å². The monoisotopic (exact) mass is 469 g/mol. The van der Waals surface area contributed by atoms with E-state index in [1.165, 1.54) is 12.1 Å². The lowest BCUT2D eigenvalue weighted by Gasteiger charge is -2.29. The van der Waals surface area contributed by atoms with Crippen molar-refractivity contribution in [2.75, 3.05) is 11.4 Å². The number of aryl methyl sites for hydroxylation is 2. The van der Waals surface area contributed by atoms with Gasteiger partial charge in [-0.2, -0.15) is 13.2 Å². The summed E-state index contributed by atoms with van der Waals surface area (Å²) >= 11 is 0. The Morgan fingerprint density at radius 1 is 0.912 bits per heavy atom. The van der Waals surface area contributed by atoms with E-state index >= 15 is 0 Å². The molecule has 1 amide bonds. The van der Waals surface area contributed by atoms with Gasteiger partial charge in [-0.25, -0.2) is 0 Å². The van der Waals surface area contributed by atoms with Crippen LogP contribution in [0.4, 0.5) is 18.9 Å². The van der Waals surface area contributed by atoms with Crippen molar-refractivity contribution in [3.05, 3.63) is 101 Å². The second kappa shape index (κ2) is 10.9. The maximum absolute atomic E-state index is 13.8. The molecule has 180 valence electrons. The maximum atomic E-state index is 13.8. The average molecular weight is 470 g/mol. The molecule has 0 heterocycles. The Kier molecular flexibility index (Phi) is 8.15. The first-order chi connectivity index (χ1) is 16.1. The highest BCUT2D eigenvalue weighted by Gasteiger charge is 2.31. The standard InChI is InChI=1S/C28H30F3NO2/c1-19(2)34-26(23-8-6-5-7-9-23)27(33)32(25-15-10-20(3)21(4)18-25)17-16-22-11-13-24(14-12-22)28(29,30)31/h5-15,18-19,26H,16-17H2,1-4H3. The number of anilines is 1. The lowest BCUT2D eigenvalue weighted by molar-refractivity contribution is -0.137. The molecule has 3 aromatic carbocycles. The van der Waals surface area contributed by atoms with E-state index in [9.17, 15) is 18.0 Å². The van der Waals surface area contributed by atoms with Gasteiger partial charge in [0.25, 0.3) is 5.91 Å². The van der Waals surface area contributed by atoms with E-state index < -0.39 is 17.8 Å². The van der Waals surface area contributed by atoms with Gasteiger partial charge in [-0.3, -0.25) is 4.79 Å². The quantitative estimate of drug-likeness (QED) is 0.353. The highest BCUT2D eigenvalue weighted by molar-refractivity contribution is 5.97. The number of carbonyl (C=O) groups excluding carboxylic acids is 1. The number of hydrogen-bond acceptors (Lipinski definition) is 2.